The number of sulfonamides is 1. The van der Waals surface area contributed by atoms with E-state index in [9.17, 15) is 8.42 Å². The summed E-state index contributed by atoms with van der Waals surface area (Å²) in [4.78, 5) is 2.19. The van der Waals surface area contributed by atoms with Gasteiger partial charge in [0.15, 0.2) is 0 Å². The predicted octanol–water partition coefficient (Wildman–Crippen LogP) is 1.30. The summed E-state index contributed by atoms with van der Waals surface area (Å²) in [6, 6.07) is 7.37. The Labute approximate surface area is 125 Å². The molecule has 0 atom stereocenters. The van der Waals surface area contributed by atoms with Gasteiger partial charge < -0.3 is 4.74 Å². The van der Waals surface area contributed by atoms with Crippen LogP contribution in [0.4, 0.5) is 0 Å². The second-order valence-corrected chi connectivity index (χ2v) is 7.17. The molecule has 0 aliphatic carbocycles. The molecule has 0 N–H and O–H groups in total. The van der Waals surface area contributed by atoms with Crippen LogP contribution in [0.5, 0.6) is 5.75 Å². The number of halogens is 1. The minimum Gasteiger partial charge on any atom is -0.491 e. The van der Waals surface area contributed by atoms with E-state index in [2.05, 4.69) is 4.90 Å². The van der Waals surface area contributed by atoms with Crippen LogP contribution in [-0.2, 0) is 10.0 Å². The van der Waals surface area contributed by atoms with Crippen LogP contribution in [0, 0.1) is 0 Å². The van der Waals surface area contributed by atoms with Gasteiger partial charge in [0.05, 0.1) is 11.3 Å². The molecule has 0 unspecified atom stereocenters. The molecule has 0 saturated carbocycles. The molecule has 1 aromatic carbocycles. The Hall–Kier alpha value is -0.820. The summed E-state index contributed by atoms with van der Waals surface area (Å²) in [6.45, 7) is 3.87. The zero-order chi connectivity index (χ0) is 14.6. The quantitative estimate of drug-likeness (QED) is 0.821. The molecule has 1 aliphatic rings. The van der Waals surface area contributed by atoms with Crippen LogP contribution < -0.4 is 4.74 Å². The van der Waals surface area contributed by atoms with Gasteiger partial charge in [-0.25, -0.2) is 8.42 Å². The Kier molecular flexibility index (Phi) is 5.26. The van der Waals surface area contributed by atoms with Crippen molar-refractivity contribution in [3.05, 3.63) is 29.3 Å². The highest BCUT2D eigenvalue weighted by Gasteiger charge is 2.22. The number of benzene rings is 1. The van der Waals surface area contributed by atoms with Gasteiger partial charge in [0, 0.05) is 32.7 Å². The number of nitrogens with zero attached hydrogens (tertiary/aromatic N) is 2. The van der Waals surface area contributed by atoms with Gasteiger partial charge in [-0.1, -0.05) is 23.7 Å². The Morgan fingerprint density at radius 3 is 2.45 bits per heavy atom. The van der Waals surface area contributed by atoms with Gasteiger partial charge in [-0.3, -0.25) is 4.90 Å². The third-order valence-electron chi connectivity index (χ3n) is 3.30. The first-order valence-electron chi connectivity index (χ1n) is 6.51. The zero-order valence-electron chi connectivity index (χ0n) is 11.5. The molecular formula is C13H19ClN2O3S. The van der Waals surface area contributed by atoms with Crippen molar-refractivity contribution in [2.75, 3.05) is 45.6 Å². The van der Waals surface area contributed by atoms with E-state index in [0.29, 0.717) is 30.5 Å². The summed E-state index contributed by atoms with van der Waals surface area (Å²) < 4.78 is 29.9. The maximum Gasteiger partial charge on any atom is 0.211 e. The number of ether oxygens (including phenoxy) is 1. The van der Waals surface area contributed by atoms with Crippen molar-refractivity contribution in [2.24, 2.45) is 0 Å². The number of hydrogen-bond acceptors (Lipinski definition) is 4. The predicted molar refractivity (Wildman–Crippen MR) is 79.8 cm³/mol. The summed E-state index contributed by atoms with van der Waals surface area (Å²) in [5.74, 6) is 0.684. The van der Waals surface area contributed by atoms with Crippen molar-refractivity contribution < 1.29 is 13.2 Å². The van der Waals surface area contributed by atoms with Crippen LogP contribution in [0.15, 0.2) is 24.3 Å². The highest BCUT2D eigenvalue weighted by molar-refractivity contribution is 7.88. The summed E-state index contributed by atoms with van der Waals surface area (Å²) >= 11 is 6.00. The summed E-state index contributed by atoms with van der Waals surface area (Å²) in [7, 11) is -3.06. The topological polar surface area (TPSA) is 49.9 Å². The molecule has 0 spiro atoms. The average Bonchev–Trinajstić information content (AvgIpc) is 2.40. The largest absolute Gasteiger partial charge is 0.491 e. The van der Waals surface area contributed by atoms with E-state index in [4.69, 9.17) is 16.3 Å². The number of hydrogen-bond donors (Lipinski definition) is 0. The van der Waals surface area contributed by atoms with Crippen LogP contribution in [-0.4, -0.2) is 63.2 Å². The summed E-state index contributed by atoms with van der Waals surface area (Å²) in [6.07, 6.45) is 1.25. The van der Waals surface area contributed by atoms with Gasteiger partial charge in [0.1, 0.15) is 12.4 Å². The third kappa shape index (κ3) is 4.34. The van der Waals surface area contributed by atoms with E-state index in [1.54, 1.807) is 6.07 Å². The minimum absolute atomic E-state index is 0.544. The van der Waals surface area contributed by atoms with Gasteiger partial charge in [-0.05, 0) is 12.1 Å². The van der Waals surface area contributed by atoms with Crippen LogP contribution in [0.2, 0.25) is 5.02 Å². The molecule has 20 heavy (non-hydrogen) atoms. The molecule has 1 aromatic rings. The summed E-state index contributed by atoms with van der Waals surface area (Å²) in [5, 5.41) is 0.606. The fraction of sp³-hybridized carbons (Fsp3) is 0.538. The van der Waals surface area contributed by atoms with Crippen LogP contribution in [0.3, 0.4) is 0 Å². The zero-order valence-corrected chi connectivity index (χ0v) is 13.0. The Bertz CT molecular complexity index is 542. The lowest BCUT2D eigenvalue weighted by Crippen LogP contribution is -2.49. The summed E-state index contributed by atoms with van der Waals surface area (Å²) in [5.41, 5.74) is 0. The van der Waals surface area contributed by atoms with E-state index in [1.807, 2.05) is 18.2 Å². The van der Waals surface area contributed by atoms with Gasteiger partial charge in [0.2, 0.25) is 10.0 Å². The van der Waals surface area contributed by atoms with Crippen molar-refractivity contribution in [3.63, 3.8) is 0 Å². The van der Waals surface area contributed by atoms with Gasteiger partial charge >= 0.3 is 0 Å². The van der Waals surface area contributed by atoms with E-state index in [1.165, 1.54) is 10.6 Å². The molecule has 0 aromatic heterocycles. The second kappa shape index (κ2) is 6.76. The lowest BCUT2D eigenvalue weighted by Gasteiger charge is -2.33. The normalized spacial score (nSPS) is 18.1. The fourth-order valence-electron chi connectivity index (χ4n) is 2.13. The molecule has 112 valence electrons. The van der Waals surface area contributed by atoms with E-state index in [0.717, 1.165) is 19.6 Å². The first-order valence-corrected chi connectivity index (χ1v) is 8.74. The lowest BCUT2D eigenvalue weighted by molar-refractivity contribution is 0.159. The first-order chi connectivity index (χ1) is 9.47. The van der Waals surface area contributed by atoms with Crippen molar-refractivity contribution in [3.8, 4) is 5.75 Å². The average molecular weight is 319 g/mol. The van der Waals surface area contributed by atoms with Crippen LogP contribution >= 0.6 is 11.6 Å². The van der Waals surface area contributed by atoms with Crippen molar-refractivity contribution in [2.45, 2.75) is 0 Å². The van der Waals surface area contributed by atoms with Gasteiger partial charge in [0.25, 0.3) is 0 Å². The fourth-order valence-corrected chi connectivity index (χ4v) is 3.15. The van der Waals surface area contributed by atoms with E-state index < -0.39 is 10.0 Å². The molecule has 0 bridgehead atoms. The second-order valence-electron chi connectivity index (χ2n) is 4.78. The molecule has 0 radical (unpaired) electrons. The molecule has 7 heteroatoms. The highest BCUT2D eigenvalue weighted by Crippen LogP contribution is 2.22. The standard InChI is InChI=1S/C13H19ClN2O3S/c1-20(17,18)16-8-6-15(7-9-16)10-11-19-13-5-3-2-4-12(13)14/h2-5H,6-11H2,1H3. The SMILES string of the molecule is CS(=O)(=O)N1CCN(CCOc2ccccc2Cl)CC1. The molecule has 0 amide bonds. The van der Waals surface area contributed by atoms with Gasteiger partial charge in [-0.2, -0.15) is 4.31 Å². The van der Waals surface area contributed by atoms with Crippen molar-refractivity contribution in [1.29, 1.82) is 0 Å². The Morgan fingerprint density at radius 1 is 1.20 bits per heavy atom. The molecule has 1 aliphatic heterocycles. The molecule has 5 nitrogen and oxygen atoms in total. The van der Waals surface area contributed by atoms with Crippen molar-refractivity contribution >= 4 is 21.6 Å². The van der Waals surface area contributed by atoms with E-state index >= 15 is 0 Å². The number of piperazine rings is 1. The van der Waals surface area contributed by atoms with Crippen molar-refractivity contribution in [1.82, 2.24) is 9.21 Å². The van der Waals surface area contributed by atoms with Crippen LogP contribution in [0.1, 0.15) is 0 Å². The maximum absolute atomic E-state index is 11.4. The molecule has 2 rings (SSSR count). The first kappa shape index (κ1) is 15.6. The van der Waals surface area contributed by atoms with E-state index in [-0.39, 0.29) is 0 Å². The Morgan fingerprint density at radius 2 is 1.85 bits per heavy atom. The number of rotatable bonds is 5. The molecule has 1 heterocycles. The Balaban J connectivity index is 1.73. The monoisotopic (exact) mass is 318 g/mol. The maximum atomic E-state index is 11.4. The molecular weight excluding hydrogens is 300 g/mol. The van der Waals surface area contributed by atoms with Gasteiger partial charge in [-0.15, -0.1) is 0 Å². The molecule has 1 saturated heterocycles. The minimum atomic E-state index is -3.06. The molecule has 1 fully saturated rings. The third-order valence-corrected chi connectivity index (χ3v) is 4.92. The smallest absolute Gasteiger partial charge is 0.211 e. The lowest BCUT2D eigenvalue weighted by atomic mass is 10.3. The highest BCUT2D eigenvalue weighted by atomic mass is 35.5. The van der Waals surface area contributed by atoms with Crippen LogP contribution in [0.25, 0.3) is 0 Å². The number of para-hydroxylation sites is 1.